The summed E-state index contributed by atoms with van der Waals surface area (Å²) in [5, 5.41) is 10.8. The van der Waals surface area contributed by atoms with Crippen molar-refractivity contribution in [3.63, 3.8) is 0 Å². The van der Waals surface area contributed by atoms with Gasteiger partial charge in [0.25, 0.3) is 11.6 Å². The summed E-state index contributed by atoms with van der Waals surface area (Å²) in [4.78, 5) is 24.9. The molecule has 2 rings (SSSR count). The van der Waals surface area contributed by atoms with Gasteiger partial charge >= 0.3 is 10.1 Å². The first-order valence-corrected chi connectivity index (χ1v) is 10.5. The third-order valence-corrected chi connectivity index (χ3v) is 4.70. The van der Waals surface area contributed by atoms with Crippen LogP contribution in [0.2, 0.25) is 0 Å². The van der Waals surface area contributed by atoms with Gasteiger partial charge in [0.1, 0.15) is 5.75 Å². The van der Waals surface area contributed by atoms with Crippen LogP contribution in [0.15, 0.2) is 48.5 Å². The van der Waals surface area contributed by atoms with Crippen molar-refractivity contribution >= 4 is 21.7 Å². The average molecular weight is 406 g/mol. The van der Waals surface area contributed by atoms with Gasteiger partial charge in [-0.05, 0) is 43.2 Å². The monoisotopic (exact) mass is 406 g/mol. The van der Waals surface area contributed by atoms with Crippen LogP contribution < -0.4 is 4.18 Å². The van der Waals surface area contributed by atoms with Crippen LogP contribution in [-0.4, -0.2) is 36.4 Å². The Morgan fingerprint density at radius 1 is 1.21 bits per heavy atom. The zero-order chi connectivity index (χ0) is 20.9. The molecule has 0 fully saturated rings. The molecule has 0 radical (unpaired) electrons. The molecule has 2 aromatic rings. The van der Waals surface area contributed by atoms with Crippen LogP contribution in [0, 0.1) is 10.1 Å². The number of carbonyl (C=O) groups is 1. The van der Waals surface area contributed by atoms with E-state index < -0.39 is 15.0 Å². The van der Waals surface area contributed by atoms with Crippen molar-refractivity contribution in [2.75, 3.05) is 6.26 Å². The smallest absolute Gasteiger partial charge is 0.306 e. The summed E-state index contributed by atoms with van der Waals surface area (Å²) in [5.74, 6) is -0.0921. The number of hydrogen-bond donors (Lipinski definition) is 0. The highest BCUT2D eigenvalue weighted by atomic mass is 32.2. The number of non-ortho nitro benzene ring substituents is 1. The van der Waals surface area contributed by atoms with Crippen LogP contribution in [0.3, 0.4) is 0 Å². The van der Waals surface area contributed by atoms with Crippen molar-refractivity contribution < 1.29 is 22.3 Å². The van der Waals surface area contributed by atoms with Gasteiger partial charge in [0.05, 0.1) is 11.2 Å². The first-order valence-electron chi connectivity index (χ1n) is 8.64. The van der Waals surface area contributed by atoms with E-state index in [1.54, 1.807) is 23.1 Å². The second kappa shape index (κ2) is 8.83. The molecule has 150 valence electrons. The van der Waals surface area contributed by atoms with Crippen LogP contribution in [0.5, 0.6) is 5.75 Å². The van der Waals surface area contributed by atoms with Crippen LogP contribution in [0.4, 0.5) is 5.69 Å². The van der Waals surface area contributed by atoms with Crippen LogP contribution >= 0.6 is 0 Å². The lowest BCUT2D eigenvalue weighted by molar-refractivity contribution is -0.384. The van der Waals surface area contributed by atoms with Crippen molar-refractivity contribution in [2.24, 2.45) is 0 Å². The molecular formula is C19H22N2O6S. The molecule has 2 aromatic carbocycles. The summed E-state index contributed by atoms with van der Waals surface area (Å²) in [5.41, 5.74) is 0.961. The van der Waals surface area contributed by atoms with E-state index in [1.165, 1.54) is 30.3 Å². The molecule has 9 heteroatoms. The Labute approximate surface area is 164 Å². The van der Waals surface area contributed by atoms with Gasteiger partial charge in [-0.3, -0.25) is 14.9 Å². The normalized spacial score (nSPS) is 12.2. The first kappa shape index (κ1) is 21.4. The lowest BCUT2D eigenvalue weighted by Crippen LogP contribution is -2.37. The molecule has 1 amide bonds. The van der Waals surface area contributed by atoms with Gasteiger partial charge in [-0.25, -0.2) is 0 Å². The zero-order valence-corrected chi connectivity index (χ0v) is 16.7. The van der Waals surface area contributed by atoms with Gasteiger partial charge < -0.3 is 9.08 Å². The predicted octanol–water partition coefficient (Wildman–Crippen LogP) is 3.37. The maximum atomic E-state index is 13.0. The van der Waals surface area contributed by atoms with Gasteiger partial charge in [-0.15, -0.1) is 0 Å². The maximum absolute atomic E-state index is 13.0. The Hall–Kier alpha value is -2.94. The quantitative estimate of drug-likeness (QED) is 0.378. The van der Waals surface area contributed by atoms with Crippen LogP contribution in [0.25, 0.3) is 0 Å². The SMILES string of the molecule is CCC(C)N(Cc1cccc(OS(C)(=O)=O)c1)C(=O)c1ccc([N+](=O)[O-])cc1. The molecule has 1 unspecified atom stereocenters. The van der Waals surface area contributed by atoms with E-state index in [4.69, 9.17) is 4.18 Å². The number of benzene rings is 2. The van der Waals surface area contributed by atoms with Crippen molar-refractivity contribution in [3.05, 3.63) is 69.8 Å². The van der Waals surface area contributed by atoms with E-state index in [9.17, 15) is 23.3 Å². The Balaban J connectivity index is 2.28. The summed E-state index contributed by atoms with van der Waals surface area (Å²) in [6, 6.07) is 11.9. The van der Waals surface area contributed by atoms with Crippen LogP contribution in [-0.2, 0) is 16.7 Å². The number of amides is 1. The molecule has 8 nitrogen and oxygen atoms in total. The topological polar surface area (TPSA) is 107 Å². The molecule has 0 spiro atoms. The maximum Gasteiger partial charge on any atom is 0.306 e. The largest absolute Gasteiger partial charge is 0.383 e. The Kier molecular flexibility index (Phi) is 6.74. The van der Waals surface area contributed by atoms with Crippen LogP contribution in [0.1, 0.15) is 36.2 Å². The molecular weight excluding hydrogens is 384 g/mol. The highest BCUT2D eigenvalue weighted by Gasteiger charge is 2.22. The minimum atomic E-state index is -3.65. The number of nitrogens with zero attached hydrogens (tertiary/aromatic N) is 2. The number of rotatable bonds is 8. The van der Waals surface area contributed by atoms with Crippen molar-refractivity contribution in [1.29, 1.82) is 0 Å². The standard InChI is InChI=1S/C19H22N2O6S/c1-4-14(2)20(19(22)16-8-10-17(11-9-16)21(23)24)13-15-6-5-7-18(12-15)27-28(3,25)26/h5-12,14H,4,13H2,1-3H3. The lowest BCUT2D eigenvalue weighted by atomic mass is 10.1. The highest BCUT2D eigenvalue weighted by molar-refractivity contribution is 7.86. The van der Waals surface area contributed by atoms with Crippen molar-refractivity contribution in [2.45, 2.75) is 32.9 Å². The van der Waals surface area contributed by atoms with Gasteiger partial charge in [0.15, 0.2) is 0 Å². The minimum Gasteiger partial charge on any atom is -0.383 e. The van der Waals surface area contributed by atoms with Gasteiger partial charge in [0.2, 0.25) is 0 Å². The molecule has 0 saturated carbocycles. The molecule has 0 saturated heterocycles. The minimum absolute atomic E-state index is 0.0859. The second-order valence-corrected chi connectivity index (χ2v) is 8.00. The van der Waals surface area contributed by atoms with E-state index in [1.807, 2.05) is 13.8 Å². The fourth-order valence-corrected chi connectivity index (χ4v) is 3.06. The van der Waals surface area contributed by atoms with Gasteiger partial charge in [-0.2, -0.15) is 8.42 Å². The van der Waals surface area contributed by atoms with Gasteiger partial charge in [0, 0.05) is 30.3 Å². The van der Waals surface area contributed by atoms with E-state index in [0.717, 1.165) is 6.26 Å². The van der Waals surface area contributed by atoms with E-state index in [2.05, 4.69) is 0 Å². The molecule has 0 N–H and O–H groups in total. The molecule has 1 atom stereocenters. The summed E-state index contributed by atoms with van der Waals surface area (Å²) >= 11 is 0. The predicted molar refractivity (Wildman–Crippen MR) is 105 cm³/mol. The summed E-state index contributed by atoms with van der Waals surface area (Å²) in [6.45, 7) is 4.09. The molecule has 28 heavy (non-hydrogen) atoms. The lowest BCUT2D eigenvalue weighted by Gasteiger charge is -2.29. The molecule has 0 heterocycles. The molecule has 0 aliphatic rings. The first-order chi connectivity index (χ1) is 13.1. The Bertz CT molecular complexity index is 957. The molecule has 0 aromatic heterocycles. The van der Waals surface area contributed by atoms with E-state index >= 15 is 0 Å². The fourth-order valence-electron chi connectivity index (χ4n) is 2.61. The van der Waals surface area contributed by atoms with Gasteiger partial charge in [-0.1, -0.05) is 19.1 Å². The summed E-state index contributed by atoms with van der Waals surface area (Å²) in [7, 11) is -3.65. The zero-order valence-electron chi connectivity index (χ0n) is 15.9. The van der Waals surface area contributed by atoms with Crippen molar-refractivity contribution in [1.82, 2.24) is 4.90 Å². The second-order valence-electron chi connectivity index (χ2n) is 6.43. The number of hydrogen-bond acceptors (Lipinski definition) is 6. The molecule has 0 aliphatic carbocycles. The van der Waals surface area contributed by atoms with Crippen molar-refractivity contribution in [3.8, 4) is 5.75 Å². The highest BCUT2D eigenvalue weighted by Crippen LogP contribution is 2.21. The number of nitro groups is 1. The third kappa shape index (κ3) is 5.78. The van der Waals surface area contributed by atoms with E-state index in [-0.39, 0.29) is 29.9 Å². The molecule has 0 aliphatic heterocycles. The third-order valence-electron chi connectivity index (χ3n) is 4.21. The fraction of sp³-hybridized carbons (Fsp3) is 0.316. The summed E-state index contributed by atoms with van der Waals surface area (Å²) in [6.07, 6.45) is 1.67. The Morgan fingerprint density at radius 2 is 1.86 bits per heavy atom. The van der Waals surface area contributed by atoms with E-state index in [0.29, 0.717) is 17.5 Å². The number of nitro benzene ring substituents is 1. The summed E-state index contributed by atoms with van der Waals surface area (Å²) < 4.78 is 27.5. The average Bonchev–Trinajstić information content (AvgIpc) is 2.64. The number of carbonyl (C=O) groups excluding carboxylic acids is 1. The Morgan fingerprint density at radius 3 is 2.39 bits per heavy atom. The molecule has 0 bridgehead atoms.